The number of aliphatic hydroxyl groups is 1. The molecule has 2 N–H and O–H groups in total. The molecular weight excluding hydrogens is 561 g/mol. The van der Waals surface area contributed by atoms with Crippen molar-refractivity contribution in [2.45, 2.75) is 61.1 Å². The lowest BCUT2D eigenvalue weighted by atomic mass is 9.87. The molecule has 10 nitrogen and oxygen atoms in total. The number of aromatic nitrogens is 5. The van der Waals surface area contributed by atoms with Crippen molar-refractivity contribution in [2.75, 3.05) is 30.0 Å². The highest BCUT2D eigenvalue weighted by Gasteiger charge is 2.39. The summed E-state index contributed by atoms with van der Waals surface area (Å²) in [5.74, 6) is 1.01. The highest BCUT2D eigenvalue weighted by atomic mass is 127. The molecule has 0 spiro atoms. The number of carbonyl (C=O) groups excluding carboxylic acids is 1. The number of rotatable bonds is 6. The van der Waals surface area contributed by atoms with Gasteiger partial charge in [-0.3, -0.25) is 9.48 Å². The molecule has 2 bridgehead atoms. The van der Waals surface area contributed by atoms with E-state index < -0.39 is 0 Å². The number of fused-ring (bicyclic) bond motifs is 3. The molecule has 3 fully saturated rings. The van der Waals surface area contributed by atoms with Crippen LogP contribution in [0.15, 0.2) is 24.7 Å². The first-order chi connectivity index (χ1) is 17.0. The second kappa shape index (κ2) is 9.32. The number of anilines is 2. The molecular formula is C24H30IN7O3. The number of ether oxygens (including phenoxy) is 1. The number of amides is 1. The van der Waals surface area contributed by atoms with Gasteiger partial charge in [0.2, 0.25) is 0 Å². The van der Waals surface area contributed by atoms with Crippen LogP contribution < -0.4 is 10.2 Å². The van der Waals surface area contributed by atoms with Crippen LogP contribution in [0.1, 0.15) is 65.0 Å². The quantitative estimate of drug-likeness (QED) is 0.334. The normalized spacial score (nSPS) is 27.0. The van der Waals surface area contributed by atoms with Crippen LogP contribution in [0, 0.1) is 5.92 Å². The monoisotopic (exact) mass is 591 g/mol. The number of aliphatic hydroxyl groups excluding tert-OH is 1. The van der Waals surface area contributed by atoms with Crippen LogP contribution in [0.3, 0.4) is 0 Å². The van der Waals surface area contributed by atoms with Crippen molar-refractivity contribution in [2.24, 2.45) is 5.92 Å². The van der Waals surface area contributed by atoms with Gasteiger partial charge >= 0.3 is 0 Å². The molecule has 0 aromatic carbocycles. The molecule has 2 saturated heterocycles. The van der Waals surface area contributed by atoms with Gasteiger partial charge in [-0.1, -0.05) is 22.6 Å². The van der Waals surface area contributed by atoms with Gasteiger partial charge in [0, 0.05) is 25.5 Å². The van der Waals surface area contributed by atoms with E-state index in [9.17, 15) is 9.90 Å². The second-order valence-electron chi connectivity index (χ2n) is 9.94. The highest BCUT2D eigenvalue weighted by molar-refractivity contribution is 14.1. The van der Waals surface area contributed by atoms with E-state index in [1.54, 1.807) is 10.7 Å². The maximum atomic E-state index is 13.4. The van der Waals surface area contributed by atoms with Crippen molar-refractivity contribution in [1.82, 2.24) is 24.4 Å². The van der Waals surface area contributed by atoms with Gasteiger partial charge in [-0.25, -0.2) is 9.50 Å². The van der Waals surface area contributed by atoms with Crippen LogP contribution in [0.25, 0.3) is 5.65 Å². The SMILES string of the molecule is CC(I)c1nn([C@H]2CC[C@H](CO)CC2)cc1NC(=O)c1cnn2ccc(N3C[C@H]4C[C@@H]3CO4)nc12. The highest BCUT2D eigenvalue weighted by Crippen LogP contribution is 2.36. The minimum atomic E-state index is -0.238. The fraction of sp³-hybridized carbons (Fsp3) is 0.583. The first-order valence-electron chi connectivity index (χ1n) is 12.4. The van der Waals surface area contributed by atoms with Crippen LogP contribution in [-0.2, 0) is 4.74 Å². The van der Waals surface area contributed by atoms with Crippen molar-refractivity contribution in [1.29, 1.82) is 0 Å². The minimum Gasteiger partial charge on any atom is -0.396 e. The van der Waals surface area contributed by atoms with Crippen LogP contribution in [0.5, 0.6) is 0 Å². The number of hydrogen-bond acceptors (Lipinski definition) is 7. The van der Waals surface area contributed by atoms with Gasteiger partial charge in [0.25, 0.3) is 5.91 Å². The van der Waals surface area contributed by atoms with Crippen LogP contribution in [0.2, 0.25) is 0 Å². The Morgan fingerprint density at radius 1 is 1.31 bits per heavy atom. The van der Waals surface area contributed by atoms with E-state index in [-0.39, 0.29) is 22.5 Å². The molecule has 35 heavy (non-hydrogen) atoms. The summed E-state index contributed by atoms with van der Waals surface area (Å²) < 4.78 is 9.51. The largest absolute Gasteiger partial charge is 0.396 e. The summed E-state index contributed by atoms with van der Waals surface area (Å²) in [5, 5.41) is 21.7. The summed E-state index contributed by atoms with van der Waals surface area (Å²) in [6.07, 6.45) is 10.7. The molecule has 1 amide bonds. The number of nitrogens with zero attached hydrogens (tertiary/aromatic N) is 6. The summed E-state index contributed by atoms with van der Waals surface area (Å²) in [5.41, 5.74) is 2.57. The van der Waals surface area contributed by atoms with Crippen molar-refractivity contribution in [3.8, 4) is 0 Å². The van der Waals surface area contributed by atoms with Crippen LogP contribution in [-0.4, -0.2) is 67.3 Å². The molecule has 5 heterocycles. The molecule has 0 radical (unpaired) electrons. The van der Waals surface area contributed by atoms with Crippen LogP contribution >= 0.6 is 22.6 Å². The molecule has 6 rings (SSSR count). The first-order valence-corrected chi connectivity index (χ1v) is 13.6. The average molecular weight is 591 g/mol. The zero-order chi connectivity index (χ0) is 24.1. The van der Waals surface area contributed by atoms with Crippen molar-refractivity contribution in [3.63, 3.8) is 0 Å². The number of nitrogens with one attached hydrogen (secondary N) is 1. The number of morpholine rings is 1. The predicted molar refractivity (Wildman–Crippen MR) is 139 cm³/mol. The standard InChI is InChI=1S/C24H30IN7O3/c1-14(25)22-20(11-32(29-22)16-4-2-15(12-33)3-5-16)27-24(34)19-9-26-31-7-6-21(28-23(19)31)30-10-18-8-17(30)13-35-18/h6-7,9,11,14-18,33H,2-5,8,10,12-13H2,1H3,(H,27,34)/t14?,15-,16-,17-,18-/m1/s1. The molecule has 3 aromatic heterocycles. The Kier molecular flexibility index (Phi) is 6.17. The van der Waals surface area contributed by atoms with Crippen molar-refractivity contribution >= 4 is 45.7 Å². The summed E-state index contributed by atoms with van der Waals surface area (Å²) in [7, 11) is 0. The zero-order valence-corrected chi connectivity index (χ0v) is 21.8. The maximum Gasteiger partial charge on any atom is 0.261 e. The molecule has 1 saturated carbocycles. The third kappa shape index (κ3) is 4.31. The molecule has 1 aliphatic carbocycles. The Morgan fingerprint density at radius 2 is 2.14 bits per heavy atom. The van der Waals surface area contributed by atoms with Gasteiger partial charge in [0.15, 0.2) is 5.65 Å². The summed E-state index contributed by atoms with van der Waals surface area (Å²) >= 11 is 2.33. The van der Waals surface area contributed by atoms with E-state index in [2.05, 4.69) is 44.8 Å². The summed E-state index contributed by atoms with van der Waals surface area (Å²) in [4.78, 5) is 20.5. The Morgan fingerprint density at radius 3 is 2.83 bits per heavy atom. The lowest BCUT2D eigenvalue weighted by Gasteiger charge is -2.27. The van der Waals surface area contributed by atoms with Crippen molar-refractivity contribution in [3.05, 3.63) is 35.9 Å². The Hall–Kier alpha value is -2.25. The third-order valence-corrected chi connectivity index (χ3v) is 8.22. The van der Waals surface area contributed by atoms with Gasteiger partial charge in [-0.05, 0) is 51.0 Å². The van der Waals surface area contributed by atoms with Gasteiger partial charge in [-0.2, -0.15) is 10.2 Å². The van der Waals surface area contributed by atoms with Gasteiger partial charge < -0.3 is 20.1 Å². The molecule has 2 aliphatic heterocycles. The number of hydrogen-bond donors (Lipinski definition) is 2. The molecule has 186 valence electrons. The number of halogens is 1. The van der Waals surface area contributed by atoms with Crippen LogP contribution in [0.4, 0.5) is 11.5 Å². The molecule has 3 aliphatic rings. The first kappa shape index (κ1) is 23.2. The third-order valence-electron chi connectivity index (χ3n) is 7.63. The van der Waals surface area contributed by atoms with E-state index in [1.165, 1.54) is 0 Å². The zero-order valence-electron chi connectivity index (χ0n) is 19.7. The Labute approximate surface area is 217 Å². The van der Waals surface area contributed by atoms with Crippen molar-refractivity contribution < 1.29 is 14.6 Å². The topological polar surface area (TPSA) is 110 Å². The lowest BCUT2D eigenvalue weighted by molar-refractivity contribution is 0.0988. The number of alkyl halides is 1. The average Bonchev–Trinajstić information content (AvgIpc) is 3.66. The summed E-state index contributed by atoms with van der Waals surface area (Å²) in [6.45, 7) is 3.89. The van der Waals surface area contributed by atoms with E-state index in [1.807, 2.05) is 23.1 Å². The second-order valence-corrected chi connectivity index (χ2v) is 11.8. The summed E-state index contributed by atoms with van der Waals surface area (Å²) in [6, 6.07) is 2.59. The van der Waals surface area contributed by atoms with Gasteiger partial charge in [0.1, 0.15) is 11.4 Å². The fourth-order valence-electron chi connectivity index (χ4n) is 5.62. The molecule has 3 aromatic rings. The van der Waals surface area contributed by atoms with Gasteiger partial charge in [0.05, 0.1) is 46.3 Å². The Balaban J connectivity index is 1.24. The van der Waals surface area contributed by atoms with E-state index in [0.717, 1.165) is 62.5 Å². The van der Waals surface area contributed by atoms with E-state index in [4.69, 9.17) is 14.8 Å². The molecule has 11 heteroatoms. The maximum absolute atomic E-state index is 13.4. The number of carbonyl (C=O) groups is 1. The predicted octanol–water partition coefficient (Wildman–Crippen LogP) is 3.38. The van der Waals surface area contributed by atoms with E-state index in [0.29, 0.717) is 29.2 Å². The molecule has 1 unspecified atom stereocenters. The smallest absolute Gasteiger partial charge is 0.261 e. The van der Waals surface area contributed by atoms with E-state index >= 15 is 0 Å². The molecule has 3 atom stereocenters. The Bertz CT molecular complexity index is 1230. The lowest BCUT2D eigenvalue weighted by Crippen LogP contribution is -2.37. The fourth-order valence-corrected chi connectivity index (χ4v) is 6.08. The van der Waals surface area contributed by atoms with Gasteiger partial charge in [-0.15, -0.1) is 0 Å². The minimum absolute atomic E-state index is 0.138.